The second-order valence-electron chi connectivity index (χ2n) is 3.35. The van der Waals surface area contributed by atoms with Crippen molar-refractivity contribution in [1.82, 2.24) is 14.9 Å². The van der Waals surface area contributed by atoms with Gasteiger partial charge in [0.25, 0.3) is 0 Å². The Morgan fingerprint density at radius 2 is 2.38 bits per heavy atom. The molecule has 0 fully saturated rings. The van der Waals surface area contributed by atoms with E-state index >= 15 is 0 Å². The summed E-state index contributed by atoms with van der Waals surface area (Å²) in [5, 5.41) is 5.34. The molecule has 0 aromatic carbocycles. The molecular weight excluding hydrogens is 222 g/mol. The van der Waals surface area contributed by atoms with Crippen molar-refractivity contribution in [3.05, 3.63) is 51.3 Å². The van der Waals surface area contributed by atoms with E-state index in [2.05, 4.69) is 21.7 Å². The SMILES string of the molecule is O=c1ncccn1CCNCc1cccs1. The third kappa shape index (κ3) is 3.01. The lowest BCUT2D eigenvalue weighted by atomic mass is 10.4. The van der Waals surface area contributed by atoms with Crippen LogP contribution in [0.5, 0.6) is 0 Å². The monoisotopic (exact) mass is 235 g/mol. The fourth-order valence-corrected chi connectivity index (χ4v) is 2.06. The first-order chi connectivity index (χ1) is 7.86. The van der Waals surface area contributed by atoms with Gasteiger partial charge in [-0.2, -0.15) is 0 Å². The van der Waals surface area contributed by atoms with Crippen molar-refractivity contribution in [2.75, 3.05) is 6.54 Å². The van der Waals surface area contributed by atoms with Crippen molar-refractivity contribution in [3.63, 3.8) is 0 Å². The fourth-order valence-electron chi connectivity index (χ4n) is 1.38. The number of hydrogen-bond donors (Lipinski definition) is 1. The van der Waals surface area contributed by atoms with Gasteiger partial charge in [-0.25, -0.2) is 9.78 Å². The van der Waals surface area contributed by atoms with Crippen molar-refractivity contribution in [3.8, 4) is 0 Å². The van der Waals surface area contributed by atoms with Crippen LogP contribution in [0.15, 0.2) is 40.8 Å². The standard InChI is InChI=1S/C11H13N3OS/c15-11-13-4-2-6-14(11)7-5-12-9-10-3-1-8-16-10/h1-4,6,8,12H,5,7,9H2. The van der Waals surface area contributed by atoms with Gasteiger partial charge >= 0.3 is 5.69 Å². The van der Waals surface area contributed by atoms with Gasteiger partial charge in [0.1, 0.15) is 0 Å². The first-order valence-electron chi connectivity index (χ1n) is 5.11. The van der Waals surface area contributed by atoms with Gasteiger partial charge in [0.05, 0.1) is 0 Å². The molecule has 0 radical (unpaired) electrons. The van der Waals surface area contributed by atoms with Crippen molar-refractivity contribution < 1.29 is 0 Å². The Kier molecular flexibility index (Phi) is 3.85. The predicted molar refractivity (Wildman–Crippen MR) is 64.5 cm³/mol. The van der Waals surface area contributed by atoms with Gasteiger partial charge in [0, 0.05) is 36.9 Å². The van der Waals surface area contributed by atoms with Crippen LogP contribution in [-0.2, 0) is 13.1 Å². The number of aromatic nitrogens is 2. The van der Waals surface area contributed by atoms with Gasteiger partial charge < -0.3 is 5.32 Å². The quantitative estimate of drug-likeness (QED) is 0.789. The third-order valence-corrected chi connectivity index (χ3v) is 3.07. The Hall–Kier alpha value is -1.46. The summed E-state index contributed by atoms with van der Waals surface area (Å²) in [6.07, 6.45) is 3.26. The van der Waals surface area contributed by atoms with E-state index in [4.69, 9.17) is 0 Å². The smallest absolute Gasteiger partial charge is 0.310 e. The molecule has 0 bridgehead atoms. The van der Waals surface area contributed by atoms with Crippen LogP contribution >= 0.6 is 11.3 Å². The summed E-state index contributed by atoms with van der Waals surface area (Å²) < 4.78 is 1.60. The fraction of sp³-hybridized carbons (Fsp3) is 0.273. The molecule has 0 aliphatic rings. The molecule has 2 aromatic rings. The van der Waals surface area contributed by atoms with Crippen LogP contribution in [0.3, 0.4) is 0 Å². The summed E-state index contributed by atoms with van der Waals surface area (Å²) in [4.78, 5) is 16.3. The Labute approximate surface area is 97.6 Å². The van der Waals surface area contributed by atoms with E-state index in [9.17, 15) is 4.79 Å². The zero-order chi connectivity index (χ0) is 11.2. The molecule has 0 saturated heterocycles. The highest BCUT2D eigenvalue weighted by Gasteiger charge is 1.95. The maximum absolute atomic E-state index is 11.3. The van der Waals surface area contributed by atoms with Crippen LogP contribution in [0, 0.1) is 0 Å². The molecule has 0 unspecified atom stereocenters. The summed E-state index contributed by atoms with van der Waals surface area (Å²) in [7, 11) is 0. The number of nitrogens with one attached hydrogen (secondary N) is 1. The molecule has 2 heterocycles. The van der Waals surface area contributed by atoms with Gasteiger partial charge in [0.2, 0.25) is 0 Å². The molecule has 4 nitrogen and oxygen atoms in total. The molecule has 0 aliphatic carbocycles. The molecule has 2 rings (SSSR count). The van der Waals surface area contributed by atoms with Gasteiger partial charge in [-0.05, 0) is 17.5 Å². The molecule has 0 atom stereocenters. The highest BCUT2D eigenvalue weighted by Crippen LogP contribution is 2.06. The topological polar surface area (TPSA) is 46.9 Å². The zero-order valence-corrected chi connectivity index (χ0v) is 9.61. The highest BCUT2D eigenvalue weighted by atomic mass is 32.1. The minimum Gasteiger partial charge on any atom is -0.310 e. The normalized spacial score (nSPS) is 10.5. The zero-order valence-electron chi connectivity index (χ0n) is 8.80. The van der Waals surface area contributed by atoms with E-state index in [1.807, 2.05) is 6.07 Å². The number of nitrogens with zero attached hydrogens (tertiary/aromatic N) is 2. The molecule has 0 amide bonds. The average Bonchev–Trinajstić information content (AvgIpc) is 2.79. The molecule has 16 heavy (non-hydrogen) atoms. The van der Waals surface area contributed by atoms with Crippen molar-refractivity contribution in [2.24, 2.45) is 0 Å². The number of rotatable bonds is 5. The lowest BCUT2D eigenvalue weighted by Gasteiger charge is -2.05. The van der Waals surface area contributed by atoms with Crippen LogP contribution in [-0.4, -0.2) is 16.1 Å². The molecule has 0 spiro atoms. The third-order valence-electron chi connectivity index (χ3n) is 2.19. The maximum atomic E-state index is 11.3. The molecule has 2 aromatic heterocycles. The summed E-state index contributed by atoms with van der Waals surface area (Å²) in [6.45, 7) is 2.27. The van der Waals surface area contributed by atoms with Crippen molar-refractivity contribution in [1.29, 1.82) is 0 Å². The van der Waals surface area contributed by atoms with Crippen LogP contribution in [0.2, 0.25) is 0 Å². The first kappa shape index (κ1) is 11.0. The van der Waals surface area contributed by atoms with Crippen molar-refractivity contribution >= 4 is 11.3 Å². The maximum Gasteiger partial charge on any atom is 0.347 e. The van der Waals surface area contributed by atoms with E-state index < -0.39 is 0 Å². The first-order valence-corrected chi connectivity index (χ1v) is 5.99. The second kappa shape index (κ2) is 5.58. The molecule has 1 N–H and O–H groups in total. The van der Waals surface area contributed by atoms with Gasteiger partial charge in [-0.3, -0.25) is 4.57 Å². The average molecular weight is 235 g/mol. The van der Waals surface area contributed by atoms with E-state index in [-0.39, 0.29) is 5.69 Å². The van der Waals surface area contributed by atoms with Crippen LogP contribution < -0.4 is 11.0 Å². The minimum absolute atomic E-state index is 0.194. The lowest BCUT2D eigenvalue weighted by molar-refractivity contribution is 0.578. The van der Waals surface area contributed by atoms with Gasteiger partial charge in [0.15, 0.2) is 0 Å². The van der Waals surface area contributed by atoms with E-state index in [0.717, 1.165) is 13.1 Å². The molecule has 84 valence electrons. The minimum atomic E-state index is -0.194. The largest absolute Gasteiger partial charge is 0.347 e. The molecule has 5 heteroatoms. The van der Waals surface area contributed by atoms with Gasteiger partial charge in [-0.15, -0.1) is 11.3 Å². The Morgan fingerprint density at radius 1 is 1.44 bits per heavy atom. The number of thiophene rings is 1. The second-order valence-corrected chi connectivity index (χ2v) is 4.38. The van der Waals surface area contributed by atoms with Crippen molar-refractivity contribution in [2.45, 2.75) is 13.1 Å². The summed E-state index contributed by atoms with van der Waals surface area (Å²) in [6, 6.07) is 5.89. The van der Waals surface area contributed by atoms with E-state index in [0.29, 0.717) is 6.54 Å². The van der Waals surface area contributed by atoms with Gasteiger partial charge in [-0.1, -0.05) is 6.07 Å². The van der Waals surface area contributed by atoms with E-state index in [1.165, 1.54) is 11.1 Å². The van der Waals surface area contributed by atoms with Crippen LogP contribution in [0.1, 0.15) is 4.88 Å². The summed E-state index contributed by atoms with van der Waals surface area (Å²) in [5.41, 5.74) is -0.194. The molecule has 0 aliphatic heterocycles. The van der Waals surface area contributed by atoms with Crippen LogP contribution in [0.4, 0.5) is 0 Å². The molecule has 0 saturated carbocycles. The van der Waals surface area contributed by atoms with Crippen LogP contribution in [0.25, 0.3) is 0 Å². The molecular formula is C11H13N3OS. The highest BCUT2D eigenvalue weighted by molar-refractivity contribution is 7.09. The number of hydrogen-bond acceptors (Lipinski definition) is 4. The predicted octanol–water partition coefficient (Wildman–Crippen LogP) is 1.09. The van der Waals surface area contributed by atoms with E-state index in [1.54, 1.807) is 28.2 Å². The summed E-state index contributed by atoms with van der Waals surface area (Å²) >= 11 is 1.73. The Balaban J connectivity index is 1.76. The Morgan fingerprint density at radius 3 is 3.12 bits per heavy atom. The lowest BCUT2D eigenvalue weighted by Crippen LogP contribution is -2.27. The Bertz CT molecular complexity index is 478. The summed E-state index contributed by atoms with van der Waals surface area (Å²) in [5.74, 6) is 0.